The van der Waals surface area contributed by atoms with Crippen LogP contribution >= 0.6 is 11.3 Å². The van der Waals surface area contributed by atoms with Gasteiger partial charge in [0.15, 0.2) is 0 Å². The van der Waals surface area contributed by atoms with Gasteiger partial charge in [0.05, 0.1) is 28.8 Å². The molecule has 2 rings (SSSR count). The highest BCUT2D eigenvalue weighted by Gasteiger charge is 2.13. The van der Waals surface area contributed by atoms with Crippen LogP contribution in [-0.2, 0) is 19.4 Å². The average molecular weight is 305 g/mol. The van der Waals surface area contributed by atoms with Crippen LogP contribution in [0.4, 0.5) is 0 Å². The number of aliphatic hydroxyl groups is 1. The van der Waals surface area contributed by atoms with E-state index in [4.69, 9.17) is 4.74 Å². The van der Waals surface area contributed by atoms with Crippen LogP contribution in [0.1, 0.15) is 47.8 Å². The first-order valence-electron chi connectivity index (χ1n) is 7.45. The van der Waals surface area contributed by atoms with Crippen LogP contribution in [0.3, 0.4) is 0 Å². The van der Waals surface area contributed by atoms with Gasteiger partial charge in [0, 0.05) is 6.42 Å². The smallest absolute Gasteiger partial charge is 0.119 e. The zero-order chi connectivity index (χ0) is 15.2. The summed E-state index contributed by atoms with van der Waals surface area (Å²) in [7, 11) is 0. The van der Waals surface area contributed by atoms with Crippen molar-refractivity contribution in [2.75, 3.05) is 6.61 Å². The van der Waals surface area contributed by atoms with E-state index in [1.807, 2.05) is 12.1 Å². The topological polar surface area (TPSA) is 42.4 Å². The summed E-state index contributed by atoms with van der Waals surface area (Å²) in [4.78, 5) is 5.60. The van der Waals surface area contributed by atoms with Gasteiger partial charge in [0.25, 0.3) is 0 Å². The average Bonchev–Trinajstić information content (AvgIpc) is 2.91. The molecule has 3 nitrogen and oxygen atoms in total. The number of ether oxygens (including phenoxy) is 1. The van der Waals surface area contributed by atoms with E-state index in [2.05, 4.69) is 37.9 Å². The highest BCUT2D eigenvalue weighted by atomic mass is 32.1. The fraction of sp³-hybridized carbons (Fsp3) is 0.471. The van der Waals surface area contributed by atoms with E-state index in [0.29, 0.717) is 12.5 Å². The van der Waals surface area contributed by atoms with E-state index < -0.39 is 0 Å². The number of aliphatic hydroxyl groups excluding tert-OH is 1. The molecule has 0 fully saturated rings. The molecule has 0 unspecified atom stereocenters. The van der Waals surface area contributed by atoms with Gasteiger partial charge in [-0.15, -0.1) is 11.3 Å². The van der Waals surface area contributed by atoms with Gasteiger partial charge >= 0.3 is 0 Å². The molecule has 0 aliphatic heterocycles. The molecule has 0 saturated heterocycles. The van der Waals surface area contributed by atoms with E-state index in [0.717, 1.165) is 34.2 Å². The molecule has 4 heteroatoms. The quantitative estimate of drug-likeness (QED) is 0.842. The number of nitrogens with zero attached hydrogens (tertiary/aromatic N) is 1. The largest absolute Gasteiger partial charge is 0.493 e. The molecule has 0 saturated carbocycles. The van der Waals surface area contributed by atoms with Crippen LogP contribution in [0.5, 0.6) is 5.75 Å². The van der Waals surface area contributed by atoms with Crippen molar-refractivity contribution in [3.63, 3.8) is 0 Å². The van der Waals surface area contributed by atoms with E-state index >= 15 is 0 Å². The second kappa shape index (κ2) is 7.57. The first-order chi connectivity index (χ1) is 10.1. The van der Waals surface area contributed by atoms with E-state index in [1.165, 1.54) is 5.56 Å². The molecule has 1 aromatic heterocycles. The molecular formula is C17H23NO2S. The summed E-state index contributed by atoms with van der Waals surface area (Å²) in [5.74, 6) is 1.26. The van der Waals surface area contributed by atoms with Gasteiger partial charge in [0.1, 0.15) is 5.75 Å². The van der Waals surface area contributed by atoms with E-state index in [-0.39, 0.29) is 6.61 Å². The summed E-state index contributed by atoms with van der Waals surface area (Å²) >= 11 is 1.59. The molecule has 0 atom stereocenters. The third-order valence-corrected chi connectivity index (χ3v) is 4.47. The number of benzene rings is 1. The number of aryl methyl sites for hydroxylation is 1. The van der Waals surface area contributed by atoms with Gasteiger partial charge in [-0.2, -0.15) is 0 Å². The van der Waals surface area contributed by atoms with E-state index in [1.54, 1.807) is 11.3 Å². The van der Waals surface area contributed by atoms with Crippen molar-refractivity contribution < 1.29 is 9.84 Å². The van der Waals surface area contributed by atoms with Crippen molar-refractivity contribution in [1.82, 2.24) is 4.98 Å². The number of hydrogen-bond acceptors (Lipinski definition) is 4. The van der Waals surface area contributed by atoms with Crippen molar-refractivity contribution >= 4 is 11.3 Å². The van der Waals surface area contributed by atoms with Gasteiger partial charge in [-0.05, 0) is 30.0 Å². The SMILES string of the molecule is CCc1cccc(OCCc2nc(C(C)C)c(CO)s2)c1. The minimum Gasteiger partial charge on any atom is -0.493 e. The second-order valence-corrected chi connectivity index (χ2v) is 6.50. The lowest BCUT2D eigenvalue weighted by Crippen LogP contribution is -2.02. The maximum Gasteiger partial charge on any atom is 0.119 e. The van der Waals surface area contributed by atoms with Crippen molar-refractivity contribution in [3.05, 3.63) is 45.4 Å². The molecule has 0 aliphatic rings. The van der Waals surface area contributed by atoms with Crippen molar-refractivity contribution in [1.29, 1.82) is 0 Å². The lowest BCUT2D eigenvalue weighted by molar-refractivity contribution is 0.283. The van der Waals surface area contributed by atoms with Gasteiger partial charge < -0.3 is 9.84 Å². The lowest BCUT2D eigenvalue weighted by atomic mass is 10.1. The first kappa shape index (κ1) is 16.0. The molecule has 0 spiro atoms. The minimum absolute atomic E-state index is 0.0740. The van der Waals surface area contributed by atoms with Gasteiger partial charge in [-0.25, -0.2) is 4.98 Å². The molecular weight excluding hydrogens is 282 g/mol. The maximum atomic E-state index is 9.38. The monoisotopic (exact) mass is 305 g/mol. The number of rotatable bonds is 7. The summed E-state index contributed by atoms with van der Waals surface area (Å²) < 4.78 is 5.80. The molecule has 2 aromatic rings. The predicted octanol–water partition coefficient (Wildman–Crippen LogP) is 3.94. The molecule has 0 radical (unpaired) electrons. The lowest BCUT2D eigenvalue weighted by Gasteiger charge is -2.06. The maximum absolute atomic E-state index is 9.38. The van der Waals surface area contributed by atoms with Crippen molar-refractivity contribution in [2.24, 2.45) is 0 Å². The first-order valence-corrected chi connectivity index (χ1v) is 8.26. The molecule has 0 amide bonds. The molecule has 0 bridgehead atoms. The number of hydrogen-bond donors (Lipinski definition) is 1. The van der Waals surface area contributed by atoms with Crippen molar-refractivity contribution in [2.45, 2.75) is 46.1 Å². The Morgan fingerprint density at radius 1 is 1.33 bits per heavy atom. The molecule has 114 valence electrons. The fourth-order valence-corrected chi connectivity index (χ4v) is 3.26. The van der Waals surface area contributed by atoms with Crippen LogP contribution in [0.2, 0.25) is 0 Å². The molecule has 1 aromatic carbocycles. The molecule has 21 heavy (non-hydrogen) atoms. The fourth-order valence-electron chi connectivity index (χ4n) is 2.20. The van der Waals surface area contributed by atoms with Gasteiger partial charge in [0.2, 0.25) is 0 Å². The Balaban J connectivity index is 1.94. The Kier molecular flexibility index (Phi) is 5.76. The van der Waals surface area contributed by atoms with Crippen molar-refractivity contribution in [3.8, 4) is 5.75 Å². The zero-order valence-corrected chi connectivity index (χ0v) is 13.7. The standard InChI is InChI=1S/C17H23NO2S/c1-4-13-6-5-7-14(10-13)20-9-8-16-18-17(12(2)3)15(11-19)21-16/h5-7,10,12,19H,4,8-9,11H2,1-3H3. The Morgan fingerprint density at radius 3 is 2.76 bits per heavy atom. The minimum atomic E-state index is 0.0740. The van der Waals surface area contributed by atoms with Crippen LogP contribution in [-0.4, -0.2) is 16.7 Å². The summed E-state index contributed by atoms with van der Waals surface area (Å²) in [6.07, 6.45) is 1.79. The highest BCUT2D eigenvalue weighted by molar-refractivity contribution is 7.11. The Labute approximate surface area is 130 Å². The summed E-state index contributed by atoms with van der Waals surface area (Å²) in [5, 5.41) is 10.4. The number of thiazole rings is 1. The highest BCUT2D eigenvalue weighted by Crippen LogP contribution is 2.25. The van der Waals surface area contributed by atoms with E-state index in [9.17, 15) is 5.11 Å². The van der Waals surface area contributed by atoms with Gasteiger partial charge in [-0.3, -0.25) is 0 Å². The Bertz CT molecular complexity index is 578. The third-order valence-electron chi connectivity index (χ3n) is 3.35. The Hall–Kier alpha value is -1.39. The molecule has 0 aliphatic carbocycles. The van der Waals surface area contributed by atoms with Crippen LogP contribution < -0.4 is 4.74 Å². The number of aromatic nitrogens is 1. The Morgan fingerprint density at radius 2 is 2.14 bits per heavy atom. The third kappa shape index (κ3) is 4.29. The van der Waals surface area contributed by atoms with Crippen LogP contribution in [0, 0.1) is 0 Å². The second-order valence-electron chi connectivity index (χ2n) is 5.33. The van der Waals surface area contributed by atoms with Crippen LogP contribution in [0.25, 0.3) is 0 Å². The zero-order valence-electron chi connectivity index (χ0n) is 12.9. The van der Waals surface area contributed by atoms with Gasteiger partial charge in [-0.1, -0.05) is 32.9 Å². The predicted molar refractivity (Wildman–Crippen MR) is 87.1 cm³/mol. The van der Waals surface area contributed by atoms with Crippen LogP contribution in [0.15, 0.2) is 24.3 Å². The summed E-state index contributed by atoms with van der Waals surface area (Å²) in [6, 6.07) is 8.20. The molecule has 1 N–H and O–H groups in total. The summed E-state index contributed by atoms with van der Waals surface area (Å²) in [6.45, 7) is 7.03. The molecule has 1 heterocycles. The normalized spacial score (nSPS) is 11.1. The summed E-state index contributed by atoms with van der Waals surface area (Å²) in [5.41, 5.74) is 2.30.